The average molecular weight is 669 g/mol. The van der Waals surface area contributed by atoms with E-state index in [2.05, 4.69) is 30.9 Å². The summed E-state index contributed by atoms with van der Waals surface area (Å²) in [5, 5.41) is 20.2. The van der Waals surface area contributed by atoms with Crippen molar-refractivity contribution < 1.29 is 29.0 Å². The van der Waals surface area contributed by atoms with Crippen molar-refractivity contribution in [2.45, 2.75) is 77.5 Å². The number of benzene rings is 2. The van der Waals surface area contributed by atoms with Gasteiger partial charge in [-0.3, -0.25) is 19.7 Å². The topological polar surface area (TPSA) is 165 Å². The smallest absolute Gasteiger partial charge is 0.408 e. The van der Waals surface area contributed by atoms with E-state index >= 15 is 0 Å². The van der Waals surface area contributed by atoms with Gasteiger partial charge >= 0.3 is 12.2 Å². The van der Waals surface area contributed by atoms with Crippen LogP contribution in [0.15, 0.2) is 97.6 Å². The zero-order chi connectivity index (χ0) is 35.0. The Morgan fingerprint density at radius 1 is 0.735 bits per heavy atom. The molecule has 2 aromatic heterocycles. The molecule has 0 unspecified atom stereocenters. The third-order valence-corrected chi connectivity index (χ3v) is 7.73. The van der Waals surface area contributed by atoms with Gasteiger partial charge in [0, 0.05) is 30.2 Å². The van der Waals surface area contributed by atoms with Gasteiger partial charge in [0.2, 0.25) is 5.91 Å². The van der Waals surface area contributed by atoms with Gasteiger partial charge < -0.3 is 30.5 Å². The Kier molecular flexibility index (Phi) is 14.0. The maximum absolute atomic E-state index is 13.7. The fourth-order valence-electron chi connectivity index (χ4n) is 5.24. The Labute approximate surface area is 286 Å². The molecule has 12 heteroatoms. The molecule has 0 fully saturated rings. The molecule has 4 aromatic rings. The molecular weight excluding hydrogens is 624 g/mol. The molecular formula is C37H44N6O6. The Hall–Kier alpha value is -5.36. The lowest BCUT2D eigenvalue weighted by Gasteiger charge is -2.30. The number of alkyl carbamates (subject to hydrolysis) is 2. The number of amides is 3. The summed E-state index contributed by atoms with van der Waals surface area (Å²) in [6.45, 7) is 5.33. The summed E-state index contributed by atoms with van der Waals surface area (Å²) in [5.74, 6) is -0.713. The predicted molar refractivity (Wildman–Crippen MR) is 183 cm³/mol. The molecule has 0 spiro atoms. The van der Waals surface area contributed by atoms with Crippen LogP contribution < -0.4 is 16.0 Å². The van der Waals surface area contributed by atoms with E-state index in [0.717, 1.165) is 16.7 Å². The quantitative estimate of drug-likeness (QED) is 0.135. The molecule has 4 rings (SSSR count). The van der Waals surface area contributed by atoms with Crippen LogP contribution in [-0.4, -0.2) is 62.4 Å². The van der Waals surface area contributed by atoms with Gasteiger partial charge in [-0.2, -0.15) is 0 Å². The molecule has 49 heavy (non-hydrogen) atoms. The molecule has 3 amide bonds. The van der Waals surface area contributed by atoms with Crippen LogP contribution in [0.3, 0.4) is 0 Å². The highest BCUT2D eigenvalue weighted by Gasteiger charge is 2.30. The van der Waals surface area contributed by atoms with Gasteiger partial charge in [-0.05, 0) is 49.3 Å². The third kappa shape index (κ3) is 12.6. The fraction of sp³-hybridized carbons (Fsp3) is 0.351. The predicted octanol–water partition coefficient (Wildman–Crippen LogP) is 4.45. The van der Waals surface area contributed by atoms with Gasteiger partial charge in [0.05, 0.1) is 29.7 Å². The number of hydrogen-bond donors (Lipinski definition) is 4. The normalized spacial score (nSPS) is 13.4. The van der Waals surface area contributed by atoms with Crippen molar-refractivity contribution in [2.24, 2.45) is 5.92 Å². The van der Waals surface area contributed by atoms with Crippen molar-refractivity contribution in [1.29, 1.82) is 0 Å². The number of nitrogens with one attached hydrogen (secondary N) is 3. The summed E-state index contributed by atoms with van der Waals surface area (Å²) in [6, 6.07) is 20.4. The molecule has 0 aliphatic heterocycles. The van der Waals surface area contributed by atoms with Crippen LogP contribution in [-0.2, 0) is 40.3 Å². The molecule has 4 N–H and O–H groups in total. The van der Waals surface area contributed by atoms with Crippen molar-refractivity contribution in [2.75, 3.05) is 0 Å². The van der Waals surface area contributed by atoms with Crippen molar-refractivity contribution in [3.8, 4) is 0 Å². The Morgan fingerprint density at radius 3 is 2.00 bits per heavy atom. The molecule has 0 bridgehead atoms. The van der Waals surface area contributed by atoms with Crippen molar-refractivity contribution in [1.82, 2.24) is 30.9 Å². The van der Waals surface area contributed by atoms with Gasteiger partial charge in [0.1, 0.15) is 19.3 Å². The van der Waals surface area contributed by atoms with Crippen LogP contribution in [0.1, 0.15) is 48.3 Å². The van der Waals surface area contributed by atoms with E-state index in [9.17, 15) is 19.5 Å². The molecule has 0 saturated carbocycles. The Balaban J connectivity index is 1.46. The monoisotopic (exact) mass is 668 g/mol. The second kappa shape index (κ2) is 18.8. The molecule has 4 atom stereocenters. The first-order valence-electron chi connectivity index (χ1n) is 16.3. The number of carbonyl (C=O) groups is 3. The van der Waals surface area contributed by atoms with Crippen LogP contribution in [0.4, 0.5) is 9.59 Å². The number of aliphatic hydroxyl groups is 1. The van der Waals surface area contributed by atoms with Gasteiger partial charge in [0.25, 0.3) is 0 Å². The molecule has 0 aliphatic rings. The number of aromatic nitrogens is 3. The molecule has 12 nitrogen and oxygen atoms in total. The summed E-state index contributed by atoms with van der Waals surface area (Å²) in [6.07, 6.45) is 4.63. The number of aryl methyl sites for hydroxylation is 1. The lowest BCUT2D eigenvalue weighted by Crippen LogP contribution is -2.54. The van der Waals surface area contributed by atoms with Crippen LogP contribution in [0.5, 0.6) is 0 Å². The average Bonchev–Trinajstić information content (AvgIpc) is 3.09. The minimum Gasteiger partial charge on any atom is -0.445 e. The van der Waals surface area contributed by atoms with E-state index in [1.807, 2.05) is 74.5 Å². The van der Waals surface area contributed by atoms with Crippen LogP contribution in [0, 0.1) is 12.8 Å². The number of carbonyl (C=O) groups excluding carboxylic acids is 3. The number of rotatable bonds is 16. The maximum atomic E-state index is 13.7. The van der Waals surface area contributed by atoms with Crippen molar-refractivity contribution >= 4 is 18.1 Å². The number of aliphatic hydroxyl groups excluding tert-OH is 1. The number of ether oxygens (including phenoxy) is 2. The van der Waals surface area contributed by atoms with E-state index in [4.69, 9.17) is 9.47 Å². The SMILES string of the molecule is Cc1cncc(COC(=O)N[C@H](C(=O)N[C@@H](Cc2ccccc2)C[C@H](O)[C@H](Cc2ccccc2)NC(=O)OCc2cccnc2)C(C)C)n1. The van der Waals surface area contributed by atoms with E-state index in [-0.39, 0.29) is 25.6 Å². The second-order valence-corrected chi connectivity index (χ2v) is 12.2. The minimum absolute atomic E-state index is 0.0188. The second-order valence-electron chi connectivity index (χ2n) is 12.2. The highest BCUT2D eigenvalue weighted by molar-refractivity contribution is 5.86. The van der Waals surface area contributed by atoms with Crippen LogP contribution >= 0.6 is 0 Å². The standard InChI is InChI=1S/C37H44N6O6/c1-25(2)34(43-37(47)49-24-31-22-39-20-26(3)40-31)35(45)41-30(17-27-11-6-4-7-12-27)19-33(44)32(18-28-13-8-5-9-14-28)42-36(46)48-23-29-15-10-16-38-21-29/h4-16,20-22,25,30,32-34,44H,17-19,23-24H2,1-3H3,(H,41,45)(H,42,46)(H,43,47)/t30-,32-,33-,34-/m0/s1. The van der Waals surface area contributed by atoms with E-state index in [1.165, 1.54) is 6.20 Å². The summed E-state index contributed by atoms with van der Waals surface area (Å²) in [7, 11) is 0. The first kappa shape index (κ1) is 36.5. The Morgan fingerprint density at radius 2 is 1.37 bits per heavy atom. The number of nitrogens with zero attached hydrogens (tertiary/aromatic N) is 3. The highest BCUT2D eigenvalue weighted by Crippen LogP contribution is 2.16. The van der Waals surface area contributed by atoms with Crippen molar-refractivity contribution in [3.63, 3.8) is 0 Å². The summed E-state index contributed by atoms with van der Waals surface area (Å²) < 4.78 is 10.8. The summed E-state index contributed by atoms with van der Waals surface area (Å²) in [4.78, 5) is 51.7. The first-order chi connectivity index (χ1) is 23.7. The van der Waals surface area contributed by atoms with E-state index < -0.39 is 42.3 Å². The van der Waals surface area contributed by atoms with E-state index in [0.29, 0.717) is 24.2 Å². The molecule has 0 radical (unpaired) electrons. The maximum Gasteiger partial charge on any atom is 0.408 e. The van der Waals surface area contributed by atoms with Crippen LogP contribution in [0.2, 0.25) is 0 Å². The van der Waals surface area contributed by atoms with Gasteiger partial charge in [-0.25, -0.2) is 9.59 Å². The summed E-state index contributed by atoms with van der Waals surface area (Å²) >= 11 is 0. The largest absolute Gasteiger partial charge is 0.445 e. The fourth-order valence-corrected chi connectivity index (χ4v) is 5.24. The minimum atomic E-state index is -1.08. The molecule has 258 valence electrons. The van der Waals surface area contributed by atoms with E-state index in [1.54, 1.807) is 37.6 Å². The molecule has 0 aliphatic carbocycles. The van der Waals surface area contributed by atoms with Crippen LogP contribution in [0.25, 0.3) is 0 Å². The lowest BCUT2D eigenvalue weighted by atomic mass is 9.93. The zero-order valence-corrected chi connectivity index (χ0v) is 28.0. The number of hydrogen-bond acceptors (Lipinski definition) is 9. The third-order valence-electron chi connectivity index (χ3n) is 7.73. The molecule has 2 aromatic carbocycles. The molecule has 2 heterocycles. The van der Waals surface area contributed by atoms with Crippen molar-refractivity contribution in [3.05, 3.63) is 126 Å². The first-order valence-corrected chi connectivity index (χ1v) is 16.3. The number of pyridine rings is 1. The van der Waals surface area contributed by atoms with Gasteiger partial charge in [-0.15, -0.1) is 0 Å². The van der Waals surface area contributed by atoms with Gasteiger partial charge in [-0.1, -0.05) is 80.6 Å². The lowest BCUT2D eigenvalue weighted by molar-refractivity contribution is -0.125. The summed E-state index contributed by atoms with van der Waals surface area (Å²) in [5.41, 5.74) is 3.75. The highest BCUT2D eigenvalue weighted by atomic mass is 16.6. The Bertz CT molecular complexity index is 1610. The zero-order valence-electron chi connectivity index (χ0n) is 28.0. The molecule has 0 saturated heterocycles. The van der Waals surface area contributed by atoms with Gasteiger partial charge in [0.15, 0.2) is 0 Å².